The minimum atomic E-state index is -3.86. The Morgan fingerprint density at radius 2 is 1.62 bits per heavy atom. The van der Waals surface area contributed by atoms with Gasteiger partial charge in [-0.2, -0.15) is 0 Å². The highest BCUT2D eigenvalue weighted by molar-refractivity contribution is 7.89. The maximum atomic E-state index is 13.9. The van der Waals surface area contributed by atoms with E-state index in [-0.39, 0.29) is 35.0 Å². The fourth-order valence-electron chi connectivity index (χ4n) is 3.17. The zero-order valence-corrected chi connectivity index (χ0v) is 18.5. The number of carbonyl (C=O) groups is 1. The van der Waals surface area contributed by atoms with Gasteiger partial charge in [0.25, 0.3) is 5.91 Å². The van der Waals surface area contributed by atoms with Crippen molar-refractivity contribution >= 4 is 15.9 Å². The number of benzene rings is 3. The Balaban J connectivity index is 1.40. The SMILES string of the molecule is O=C(NCc1cccc(S(=O)(=O)NCc2cccc(F)c2)c1)c1cc(-c2ccccc2F)on1. The van der Waals surface area contributed by atoms with Crippen molar-refractivity contribution < 1.29 is 26.5 Å². The number of amides is 1. The van der Waals surface area contributed by atoms with Gasteiger partial charge in [-0.05, 0) is 47.5 Å². The van der Waals surface area contributed by atoms with Crippen molar-refractivity contribution in [2.24, 2.45) is 0 Å². The van der Waals surface area contributed by atoms with E-state index < -0.39 is 27.6 Å². The molecule has 0 saturated heterocycles. The van der Waals surface area contributed by atoms with E-state index in [0.29, 0.717) is 11.1 Å². The predicted molar refractivity (Wildman–Crippen MR) is 120 cm³/mol. The molecule has 4 aromatic rings. The Kier molecular flexibility index (Phi) is 6.80. The normalized spacial score (nSPS) is 11.4. The van der Waals surface area contributed by atoms with Crippen molar-refractivity contribution in [1.29, 1.82) is 0 Å². The summed E-state index contributed by atoms with van der Waals surface area (Å²) in [5.41, 5.74) is 1.14. The zero-order valence-electron chi connectivity index (χ0n) is 17.7. The van der Waals surface area contributed by atoms with E-state index in [1.54, 1.807) is 24.3 Å². The Hall–Kier alpha value is -3.89. The molecule has 0 aliphatic heterocycles. The third-order valence-electron chi connectivity index (χ3n) is 4.90. The van der Waals surface area contributed by atoms with Crippen LogP contribution in [0.2, 0.25) is 0 Å². The Morgan fingerprint density at radius 1 is 0.882 bits per heavy atom. The summed E-state index contributed by atoms with van der Waals surface area (Å²) in [6, 6.07) is 18.9. The van der Waals surface area contributed by atoms with Crippen LogP contribution in [0.1, 0.15) is 21.6 Å². The molecule has 174 valence electrons. The van der Waals surface area contributed by atoms with Gasteiger partial charge in [0.1, 0.15) is 11.6 Å². The number of nitrogens with one attached hydrogen (secondary N) is 2. The van der Waals surface area contributed by atoms with Crippen LogP contribution in [0.15, 0.2) is 88.3 Å². The lowest BCUT2D eigenvalue weighted by atomic mass is 10.1. The van der Waals surface area contributed by atoms with Crippen LogP contribution in [0.5, 0.6) is 0 Å². The first-order valence-electron chi connectivity index (χ1n) is 10.1. The smallest absolute Gasteiger partial charge is 0.273 e. The van der Waals surface area contributed by atoms with Gasteiger partial charge in [-0.3, -0.25) is 4.79 Å². The van der Waals surface area contributed by atoms with Crippen molar-refractivity contribution in [3.05, 3.63) is 107 Å². The zero-order chi connectivity index (χ0) is 24.1. The summed E-state index contributed by atoms with van der Waals surface area (Å²) in [5, 5.41) is 6.30. The van der Waals surface area contributed by atoms with Gasteiger partial charge >= 0.3 is 0 Å². The molecule has 1 amide bonds. The molecule has 0 radical (unpaired) electrons. The molecule has 0 saturated carbocycles. The van der Waals surface area contributed by atoms with Gasteiger partial charge in [0.15, 0.2) is 11.5 Å². The lowest BCUT2D eigenvalue weighted by molar-refractivity contribution is 0.0942. The van der Waals surface area contributed by atoms with Crippen LogP contribution in [0.3, 0.4) is 0 Å². The van der Waals surface area contributed by atoms with Crippen molar-refractivity contribution in [3.63, 3.8) is 0 Å². The molecular formula is C24H19F2N3O4S. The van der Waals surface area contributed by atoms with Gasteiger partial charge < -0.3 is 9.84 Å². The van der Waals surface area contributed by atoms with Crippen molar-refractivity contribution in [2.45, 2.75) is 18.0 Å². The fraction of sp³-hybridized carbons (Fsp3) is 0.0833. The van der Waals surface area contributed by atoms with Crippen LogP contribution in [0, 0.1) is 11.6 Å². The van der Waals surface area contributed by atoms with Crippen molar-refractivity contribution in [3.8, 4) is 11.3 Å². The number of rotatable bonds is 8. The number of hydrogen-bond acceptors (Lipinski definition) is 5. The van der Waals surface area contributed by atoms with Crippen LogP contribution >= 0.6 is 0 Å². The number of carbonyl (C=O) groups excluding carboxylic acids is 1. The molecule has 34 heavy (non-hydrogen) atoms. The summed E-state index contributed by atoms with van der Waals surface area (Å²) in [6.45, 7) is -0.0501. The maximum absolute atomic E-state index is 13.9. The van der Waals surface area contributed by atoms with Gasteiger partial charge in [0.2, 0.25) is 10.0 Å². The maximum Gasteiger partial charge on any atom is 0.273 e. The Labute approximate surface area is 194 Å². The quantitative estimate of drug-likeness (QED) is 0.394. The predicted octanol–water partition coefficient (Wildman–Crippen LogP) is 4.03. The standard InChI is InChI=1S/C24H19F2N3O4S/c25-18-7-3-5-16(11-18)15-28-34(31,32)19-8-4-6-17(12-19)14-27-24(30)22-13-23(33-29-22)20-9-1-2-10-21(20)26/h1-13,28H,14-15H2,(H,27,30). The average Bonchev–Trinajstić information content (AvgIpc) is 3.32. The van der Waals surface area contributed by atoms with Crippen LogP contribution in [0.25, 0.3) is 11.3 Å². The average molecular weight is 483 g/mol. The molecule has 0 spiro atoms. The monoisotopic (exact) mass is 483 g/mol. The van der Waals surface area contributed by atoms with E-state index in [0.717, 1.165) is 0 Å². The summed E-state index contributed by atoms with van der Waals surface area (Å²) >= 11 is 0. The molecule has 10 heteroatoms. The van der Waals surface area contributed by atoms with E-state index in [4.69, 9.17) is 4.52 Å². The molecule has 0 fully saturated rings. The molecule has 0 aliphatic carbocycles. The van der Waals surface area contributed by atoms with Gasteiger partial charge in [-0.25, -0.2) is 21.9 Å². The topological polar surface area (TPSA) is 101 Å². The Bertz CT molecular complexity index is 1440. The lowest BCUT2D eigenvalue weighted by Crippen LogP contribution is -2.25. The molecular weight excluding hydrogens is 464 g/mol. The van der Waals surface area contributed by atoms with E-state index >= 15 is 0 Å². The molecule has 4 rings (SSSR count). The summed E-state index contributed by atoms with van der Waals surface area (Å²) < 4.78 is 59.9. The number of sulfonamides is 1. The number of aromatic nitrogens is 1. The molecule has 2 N–H and O–H groups in total. The lowest BCUT2D eigenvalue weighted by Gasteiger charge is -2.09. The second-order valence-corrected chi connectivity index (χ2v) is 9.11. The molecule has 1 heterocycles. The Morgan fingerprint density at radius 3 is 2.38 bits per heavy atom. The first-order chi connectivity index (χ1) is 16.3. The number of halogens is 2. The first-order valence-corrected chi connectivity index (χ1v) is 11.6. The first kappa shape index (κ1) is 23.3. The minimum Gasteiger partial charge on any atom is -0.355 e. The highest BCUT2D eigenvalue weighted by atomic mass is 32.2. The van der Waals surface area contributed by atoms with E-state index in [1.165, 1.54) is 54.6 Å². The highest BCUT2D eigenvalue weighted by Crippen LogP contribution is 2.23. The largest absolute Gasteiger partial charge is 0.355 e. The summed E-state index contributed by atoms with van der Waals surface area (Å²) in [5.74, 6) is -1.42. The van der Waals surface area contributed by atoms with Crippen molar-refractivity contribution in [2.75, 3.05) is 0 Å². The minimum absolute atomic E-state index is 0.000993. The molecule has 0 bridgehead atoms. The van der Waals surface area contributed by atoms with Crippen LogP contribution in [0.4, 0.5) is 8.78 Å². The van der Waals surface area contributed by atoms with E-state index in [1.807, 2.05) is 0 Å². The summed E-state index contributed by atoms with van der Waals surface area (Å²) in [4.78, 5) is 12.4. The van der Waals surface area contributed by atoms with Crippen LogP contribution < -0.4 is 10.0 Å². The molecule has 0 unspecified atom stereocenters. The fourth-order valence-corrected chi connectivity index (χ4v) is 4.26. The van der Waals surface area contributed by atoms with Crippen molar-refractivity contribution in [1.82, 2.24) is 15.2 Å². The summed E-state index contributed by atoms with van der Waals surface area (Å²) in [7, 11) is -3.86. The van der Waals surface area contributed by atoms with Gasteiger partial charge in [0, 0.05) is 19.2 Å². The molecule has 7 nitrogen and oxygen atoms in total. The third-order valence-corrected chi connectivity index (χ3v) is 6.30. The van der Waals surface area contributed by atoms with Gasteiger partial charge in [-0.15, -0.1) is 0 Å². The second-order valence-electron chi connectivity index (χ2n) is 7.34. The molecule has 0 aliphatic rings. The highest BCUT2D eigenvalue weighted by Gasteiger charge is 2.17. The second kappa shape index (κ2) is 9.94. The number of nitrogens with zero attached hydrogens (tertiary/aromatic N) is 1. The van der Waals surface area contributed by atoms with Crippen LogP contribution in [-0.2, 0) is 23.1 Å². The van der Waals surface area contributed by atoms with Gasteiger partial charge in [-0.1, -0.05) is 41.6 Å². The van der Waals surface area contributed by atoms with Gasteiger partial charge in [0.05, 0.1) is 10.5 Å². The number of hydrogen-bond donors (Lipinski definition) is 2. The summed E-state index contributed by atoms with van der Waals surface area (Å²) in [6.07, 6.45) is 0. The molecule has 1 aromatic heterocycles. The molecule has 3 aromatic carbocycles. The third kappa shape index (κ3) is 5.53. The molecule has 0 atom stereocenters. The van der Waals surface area contributed by atoms with E-state index in [2.05, 4.69) is 15.2 Å². The van der Waals surface area contributed by atoms with Crippen LogP contribution in [-0.4, -0.2) is 19.5 Å². The van der Waals surface area contributed by atoms with E-state index in [9.17, 15) is 22.0 Å².